The second-order valence-corrected chi connectivity index (χ2v) is 5.96. The van der Waals surface area contributed by atoms with Crippen LogP contribution in [0.2, 0.25) is 0 Å². The maximum Gasteiger partial charge on any atom is 0.125 e. The molecule has 1 aromatic carbocycles. The van der Waals surface area contributed by atoms with Crippen molar-refractivity contribution in [1.82, 2.24) is 4.90 Å². The molecule has 1 heterocycles. The zero-order chi connectivity index (χ0) is 14.1. The number of benzene rings is 1. The van der Waals surface area contributed by atoms with Crippen LogP contribution in [0, 0.1) is 5.82 Å². The summed E-state index contributed by atoms with van der Waals surface area (Å²) in [7, 11) is 2.05. The minimum absolute atomic E-state index is 0.0904. The molecule has 0 radical (unpaired) electrons. The van der Waals surface area contributed by atoms with E-state index in [1.165, 1.54) is 44.2 Å². The van der Waals surface area contributed by atoms with E-state index in [9.17, 15) is 9.50 Å². The second kappa shape index (κ2) is 5.70. The highest BCUT2D eigenvalue weighted by atomic mass is 19.1. The van der Waals surface area contributed by atoms with Crippen LogP contribution < -0.4 is 4.74 Å². The summed E-state index contributed by atoms with van der Waals surface area (Å²) in [5.41, 5.74) is 0.573. The summed E-state index contributed by atoms with van der Waals surface area (Å²) in [5, 5.41) is 10.6. The van der Waals surface area contributed by atoms with Crippen LogP contribution in [0.5, 0.6) is 5.75 Å². The van der Waals surface area contributed by atoms with Crippen LogP contribution in [-0.2, 0) is 0 Å². The molecule has 3 rings (SSSR count). The molecule has 2 atom stereocenters. The van der Waals surface area contributed by atoms with E-state index in [2.05, 4.69) is 11.9 Å². The SMILES string of the molecule is CN(C1CCCCC1)C1COc2ccc(F)cc2C1O. The van der Waals surface area contributed by atoms with E-state index >= 15 is 0 Å². The van der Waals surface area contributed by atoms with Gasteiger partial charge in [-0.1, -0.05) is 19.3 Å². The third-order valence-corrected chi connectivity index (χ3v) is 4.74. The molecular formula is C16H22FNO2. The lowest BCUT2D eigenvalue weighted by Gasteiger charge is -2.41. The summed E-state index contributed by atoms with van der Waals surface area (Å²) in [4.78, 5) is 2.23. The van der Waals surface area contributed by atoms with Crippen LogP contribution in [0.3, 0.4) is 0 Å². The molecule has 0 aromatic heterocycles. The number of hydrogen-bond donors (Lipinski definition) is 1. The molecule has 0 amide bonds. The van der Waals surface area contributed by atoms with Gasteiger partial charge in [0.1, 0.15) is 24.3 Å². The van der Waals surface area contributed by atoms with Crippen LogP contribution in [0.15, 0.2) is 18.2 Å². The molecule has 4 heteroatoms. The summed E-state index contributed by atoms with van der Waals surface area (Å²) >= 11 is 0. The average Bonchev–Trinajstić information content (AvgIpc) is 2.48. The van der Waals surface area contributed by atoms with Crippen molar-refractivity contribution in [2.45, 2.75) is 50.3 Å². The van der Waals surface area contributed by atoms with Crippen LogP contribution in [0.1, 0.15) is 43.8 Å². The predicted octanol–water partition coefficient (Wildman–Crippen LogP) is 2.88. The quantitative estimate of drug-likeness (QED) is 0.903. The first-order valence-corrected chi connectivity index (χ1v) is 7.49. The molecule has 1 aliphatic heterocycles. The molecule has 1 saturated carbocycles. The highest BCUT2D eigenvalue weighted by Gasteiger charge is 2.35. The lowest BCUT2D eigenvalue weighted by Crippen LogP contribution is -2.49. The Kier molecular flexibility index (Phi) is 3.94. The molecule has 1 fully saturated rings. The number of fused-ring (bicyclic) bond motifs is 1. The van der Waals surface area contributed by atoms with Gasteiger partial charge in [0, 0.05) is 11.6 Å². The molecule has 110 valence electrons. The van der Waals surface area contributed by atoms with Gasteiger partial charge in [-0.05, 0) is 38.1 Å². The van der Waals surface area contributed by atoms with Crippen molar-refractivity contribution in [3.05, 3.63) is 29.6 Å². The van der Waals surface area contributed by atoms with Crippen LogP contribution >= 0.6 is 0 Å². The smallest absolute Gasteiger partial charge is 0.125 e. The third kappa shape index (κ3) is 2.54. The minimum Gasteiger partial charge on any atom is -0.491 e. The van der Waals surface area contributed by atoms with Crippen LogP contribution in [-0.4, -0.2) is 35.7 Å². The molecular weight excluding hydrogens is 257 g/mol. The fourth-order valence-corrected chi connectivity index (χ4v) is 3.45. The average molecular weight is 279 g/mol. The molecule has 3 nitrogen and oxygen atoms in total. The molecule has 0 saturated heterocycles. The monoisotopic (exact) mass is 279 g/mol. The Morgan fingerprint density at radius 3 is 2.75 bits per heavy atom. The Bertz CT molecular complexity index is 474. The molecule has 2 unspecified atom stereocenters. The van der Waals surface area contributed by atoms with Gasteiger partial charge in [0.2, 0.25) is 0 Å². The summed E-state index contributed by atoms with van der Waals surface area (Å²) in [6.45, 7) is 0.465. The maximum atomic E-state index is 13.4. The number of likely N-dealkylation sites (N-methyl/N-ethyl adjacent to an activating group) is 1. The zero-order valence-electron chi connectivity index (χ0n) is 11.9. The number of halogens is 1. The van der Waals surface area contributed by atoms with Crippen molar-refractivity contribution in [3.8, 4) is 5.75 Å². The number of hydrogen-bond acceptors (Lipinski definition) is 3. The number of aliphatic hydroxyl groups excluding tert-OH is 1. The first-order valence-electron chi connectivity index (χ1n) is 7.49. The highest BCUT2D eigenvalue weighted by Crippen LogP contribution is 2.36. The lowest BCUT2D eigenvalue weighted by molar-refractivity contribution is -0.0101. The first kappa shape index (κ1) is 13.8. The van der Waals surface area contributed by atoms with Crippen molar-refractivity contribution in [2.24, 2.45) is 0 Å². The van der Waals surface area contributed by atoms with Gasteiger partial charge in [-0.15, -0.1) is 0 Å². The molecule has 1 aliphatic carbocycles. The highest BCUT2D eigenvalue weighted by molar-refractivity contribution is 5.38. The van der Waals surface area contributed by atoms with Crippen LogP contribution in [0.25, 0.3) is 0 Å². The van der Waals surface area contributed by atoms with Gasteiger partial charge >= 0.3 is 0 Å². The molecule has 1 aromatic rings. The predicted molar refractivity (Wildman–Crippen MR) is 75.3 cm³/mol. The summed E-state index contributed by atoms with van der Waals surface area (Å²) in [5.74, 6) is 0.277. The number of nitrogens with zero attached hydrogens (tertiary/aromatic N) is 1. The summed E-state index contributed by atoms with van der Waals surface area (Å²) < 4.78 is 19.1. The number of ether oxygens (including phenoxy) is 1. The largest absolute Gasteiger partial charge is 0.491 e. The van der Waals surface area contributed by atoms with Gasteiger partial charge in [-0.2, -0.15) is 0 Å². The van der Waals surface area contributed by atoms with Crippen molar-refractivity contribution >= 4 is 0 Å². The van der Waals surface area contributed by atoms with Crippen molar-refractivity contribution in [3.63, 3.8) is 0 Å². The molecule has 2 aliphatic rings. The number of rotatable bonds is 2. The van der Waals surface area contributed by atoms with Gasteiger partial charge in [0.25, 0.3) is 0 Å². The van der Waals surface area contributed by atoms with E-state index in [1.807, 2.05) is 0 Å². The first-order chi connectivity index (χ1) is 9.66. The van der Waals surface area contributed by atoms with Gasteiger partial charge in [0.05, 0.1) is 6.04 Å². The van der Waals surface area contributed by atoms with E-state index in [0.717, 1.165) is 0 Å². The van der Waals surface area contributed by atoms with Crippen molar-refractivity contribution < 1.29 is 14.2 Å². The fourth-order valence-electron chi connectivity index (χ4n) is 3.45. The Morgan fingerprint density at radius 1 is 1.25 bits per heavy atom. The van der Waals surface area contributed by atoms with E-state index in [0.29, 0.717) is 24.0 Å². The Hall–Kier alpha value is -1.13. The van der Waals surface area contributed by atoms with Gasteiger partial charge in [0.15, 0.2) is 0 Å². The van der Waals surface area contributed by atoms with E-state index < -0.39 is 6.10 Å². The Morgan fingerprint density at radius 2 is 2.00 bits per heavy atom. The summed E-state index contributed by atoms with van der Waals surface area (Å²) in [6.07, 6.45) is 5.49. The van der Waals surface area contributed by atoms with E-state index in [4.69, 9.17) is 4.74 Å². The maximum absolute atomic E-state index is 13.4. The second-order valence-electron chi connectivity index (χ2n) is 5.96. The van der Waals surface area contributed by atoms with Crippen LogP contribution in [0.4, 0.5) is 4.39 Å². The van der Waals surface area contributed by atoms with Gasteiger partial charge < -0.3 is 9.84 Å². The zero-order valence-corrected chi connectivity index (χ0v) is 11.9. The van der Waals surface area contributed by atoms with Crippen molar-refractivity contribution in [2.75, 3.05) is 13.7 Å². The minimum atomic E-state index is -0.679. The van der Waals surface area contributed by atoms with Gasteiger partial charge in [-0.25, -0.2) is 4.39 Å². The lowest BCUT2D eigenvalue weighted by atomic mass is 9.91. The molecule has 20 heavy (non-hydrogen) atoms. The van der Waals surface area contributed by atoms with Crippen molar-refractivity contribution in [1.29, 1.82) is 0 Å². The molecule has 0 bridgehead atoms. The topological polar surface area (TPSA) is 32.7 Å². The number of aliphatic hydroxyl groups is 1. The molecule has 0 spiro atoms. The van der Waals surface area contributed by atoms with Gasteiger partial charge in [-0.3, -0.25) is 4.90 Å². The third-order valence-electron chi connectivity index (χ3n) is 4.74. The van der Waals surface area contributed by atoms with E-state index in [1.54, 1.807) is 6.07 Å². The summed E-state index contributed by atoms with van der Waals surface area (Å²) in [6, 6.07) is 4.77. The fraction of sp³-hybridized carbons (Fsp3) is 0.625. The molecule has 1 N–H and O–H groups in total. The standard InChI is InChI=1S/C16H22FNO2/c1-18(12-5-3-2-4-6-12)14-10-20-15-8-7-11(17)9-13(15)16(14)19/h7-9,12,14,16,19H,2-6,10H2,1H3. The Labute approximate surface area is 119 Å². The Balaban J connectivity index is 1.78. The normalized spacial score (nSPS) is 27.2. The van der Waals surface area contributed by atoms with E-state index in [-0.39, 0.29) is 11.9 Å².